The second kappa shape index (κ2) is 22.1. The number of aliphatic carboxylic acids is 3. The average molecular weight is 336 g/mol. The van der Waals surface area contributed by atoms with Crippen molar-refractivity contribution < 1.29 is 29.7 Å². The summed E-state index contributed by atoms with van der Waals surface area (Å²) < 4.78 is 0. The van der Waals surface area contributed by atoms with Gasteiger partial charge in [0.25, 0.3) is 0 Å². The van der Waals surface area contributed by atoms with Gasteiger partial charge in [0.15, 0.2) is 0 Å². The van der Waals surface area contributed by atoms with Crippen molar-refractivity contribution in [1.82, 2.24) is 0 Å². The number of carbonyl (C=O) groups is 3. The lowest BCUT2D eigenvalue weighted by Gasteiger charge is -1.72. The highest BCUT2D eigenvalue weighted by Gasteiger charge is 1.79. The van der Waals surface area contributed by atoms with Crippen LogP contribution >= 0.6 is 0 Å². The molecule has 0 aromatic rings. The van der Waals surface area contributed by atoms with Gasteiger partial charge >= 0.3 is 17.9 Å². The summed E-state index contributed by atoms with van der Waals surface area (Å²) in [4.78, 5) is 29.3. The molecule has 0 aliphatic rings. The number of allylic oxidation sites excluding steroid dienone is 9. The van der Waals surface area contributed by atoms with E-state index in [4.69, 9.17) is 15.3 Å². The Morgan fingerprint density at radius 1 is 0.500 bits per heavy atom. The topological polar surface area (TPSA) is 112 Å². The van der Waals surface area contributed by atoms with E-state index in [9.17, 15) is 14.4 Å². The maximum absolute atomic E-state index is 9.75. The second-order valence-corrected chi connectivity index (χ2v) is 3.67. The van der Waals surface area contributed by atoms with Crippen LogP contribution in [0.3, 0.4) is 0 Å². The highest BCUT2D eigenvalue weighted by Crippen LogP contribution is 1.75. The zero-order valence-corrected chi connectivity index (χ0v) is 14.0. The molecule has 6 heteroatoms. The molecule has 0 fully saturated rings. The quantitative estimate of drug-likeness (QED) is 0.504. The molecule has 0 aliphatic carbocycles. The van der Waals surface area contributed by atoms with Crippen LogP contribution in [0.2, 0.25) is 0 Å². The van der Waals surface area contributed by atoms with Gasteiger partial charge < -0.3 is 15.3 Å². The molecule has 0 aromatic heterocycles. The zero-order chi connectivity index (χ0) is 19.2. The van der Waals surface area contributed by atoms with E-state index < -0.39 is 17.9 Å². The molecule has 0 bridgehead atoms. The molecular weight excluding hydrogens is 312 g/mol. The van der Waals surface area contributed by atoms with Crippen LogP contribution in [0, 0.1) is 0 Å². The van der Waals surface area contributed by atoms with Gasteiger partial charge in [0.1, 0.15) is 0 Å². The summed E-state index contributed by atoms with van der Waals surface area (Å²) in [6, 6.07) is 0. The third-order valence-corrected chi connectivity index (χ3v) is 1.63. The van der Waals surface area contributed by atoms with Gasteiger partial charge in [-0.15, -0.1) is 0 Å². The standard InChI is InChI=1S/3C6H8O2/c3*1-2-3-4-5-6(7)8/h3*2-5H,1H3,(H,7,8)/b3*3-2+,5-4+. The highest BCUT2D eigenvalue weighted by molar-refractivity contribution is 5.80. The third-order valence-electron chi connectivity index (χ3n) is 1.63. The van der Waals surface area contributed by atoms with E-state index in [1.54, 1.807) is 36.5 Å². The Kier molecular flexibility index (Phi) is 23.8. The molecular formula is C18H24O6. The highest BCUT2D eigenvalue weighted by atomic mass is 16.4. The molecule has 6 nitrogen and oxygen atoms in total. The van der Waals surface area contributed by atoms with Crippen LogP contribution in [0.1, 0.15) is 20.8 Å². The molecule has 24 heavy (non-hydrogen) atoms. The summed E-state index contributed by atoms with van der Waals surface area (Å²) in [6.07, 6.45) is 17.9. The van der Waals surface area contributed by atoms with Gasteiger partial charge in [-0.05, 0) is 20.8 Å². The molecule has 0 atom stereocenters. The molecule has 0 saturated carbocycles. The van der Waals surface area contributed by atoms with E-state index in [0.29, 0.717) is 0 Å². The number of carboxylic acid groups (broad SMARTS) is 3. The van der Waals surface area contributed by atoms with Crippen LogP contribution in [-0.4, -0.2) is 33.2 Å². The first-order chi connectivity index (χ1) is 11.3. The molecule has 0 aromatic carbocycles. The Morgan fingerprint density at radius 3 is 0.833 bits per heavy atom. The molecule has 0 spiro atoms. The minimum Gasteiger partial charge on any atom is -0.478 e. The summed E-state index contributed by atoms with van der Waals surface area (Å²) in [6.45, 7) is 5.48. The fraction of sp³-hybridized carbons (Fsp3) is 0.167. The first-order valence-electron chi connectivity index (χ1n) is 6.88. The number of carboxylic acids is 3. The van der Waals surface area contributed by atoms with Gasteiger partial charge in [-0.25, -0.2) is 14.4 Å². The third kappa shape index (κ3) is 42.8. The number of rotatable bonds is 6. The van der Waals surface area contributed by atoms with Gasteiger partial charge in [0, 0.05) is 18.2 Å². The van der Waals surface area contributed by atoms with Crippen LogP contribution in [-0.2, 0) is 14.4 Å². The molecule has 0 radical (unpaired) electrons. The largest absolute Gasteiger partial charge is 0.478 e. The van der Waals surface area contributed by atoms with Crippen LogP contribution in [0.25, 0.3) is 0 Å². The summed E-state index contributed by atoms with van der Waals surface area (Å²) in [5.41, 5.74) is 0. The smallest absolute Gasteiger partial charge is 0.328 e. The van der Waals surface area contributed by atoms with E-state index in [1.807, 2.05) is 20.8 Å². The first-order valence-corrected chi connectivity index (χ1v) is 6.88. The fourth-order valence-electron chi connectivity index (χ4n) is 0.747. The molecule has 0 unspecified atom stereocenters. The Labute approximate surface area is 142 Å². The summed E-state index contributed by atoms with van der Waals surface area (Å²) in [7, 11) is 0. The van der Waals surface area contributed by atoms with Crippen LogP contribution < -0.4 is 0 Å². The molecule has 0 heterocycles. The Bertz CT molecular complexity index is 444. The van der Waals surface area contributed by atoms with Crippen molar-refractivity contribution in [2.45, 2.75) is 20.8 Å². The normalized spacial score (nSPS) is 11.1. The van der Waals surface area contributed by atoms with Crippen molar-refractivity contribution in [2.75, 3.05) is 0 Å². The lowest BCUT2D eigenvalue weighted by atomic mass is 10.4. The fourth-order valence-corrected chi connectivity index (χ4v) is 0.747. The van der Waals surface area contributed by atoms with E-state index in [2.05, 4.69) is 0 Å². The predicted molar refractivity (Wildman–Crippen MR) is 94.8 cm³/mol. The van der Waals surface area contributed by atoms with Gasteiger partial charge in [0.2, 0.25) is 0 Å². The molecule has 0 rings (SSSR count). The second-order valence-electron chi connectivity index (χ2n) is 3.67. The molecule has 0 aliphatic heterocycles. The Hall–Kier alpha value is -3.15. The monoisotopic (exact) mass is 336 g/mol. The number of hydrogen-bond acceptors (Lipinski definition) is 3. The summed E-state index contributed by atoms with van der Waals surface area (Å²) >= 11 is 0. The van der Waals surface area contributed by atoms with Crippen molar-refractivity contribution in [3.63, 3.8) is 0 Å². The average Bonchev–Trinajstić information content (AvgIpc) is 2.48. The van der Waals surface area contributed by atoms with Crippen molar-refractivity contribution in [1.29, 1.82) is 0 Å². The lowest BCUT2D eigenvalue weighted by molar-refractivity contribution is -0.132. The lowest BCUT2D eigenvalue weighted by Crippen LogP contribution is -1.83. The summed E-state index contributed by atoms with van der Waals surface area (Å²) in [5.74, 6) is -2.74. The van der Waals surface area contributed by atoms with Crippen molar-refractivity contribution >= 4 is 17.9 Å². The molecule has 3 N–H and O–H groups in total. The Morgan fingerprint density at radius 2 is 0.708 bits per heavy atom. The van der Waals surface area contributed by atoms with E-state index >= 15 is 0 Å². The predicted octanol–water partition coefficient (Wildman–Crippen LogP) is 3.61. The first kappa shape index (κ1) is 25.8. The SMILES string of the molecule is C/C=C/C=C/C(=O)O.C/C=C/C=C/C(=O)O.C/C=C/C=C/C(=O)O. The molecule has 0 saturated heterocycles. The van der Waals surface area contributed by atoms with Crippen LogP contribution in [0.5, 0.6) is 0 Å². The van der Waals surface area contributed by atoms with E-state index in [0.717, 1.165) is 18.2 Å². The van der Waals surface area contributed by atoms with Crippen molar-refractivity contribution in [3.05, 3.63) is 72.9 Å². The maximum atomic E-state index is 9.75. The summed E-state index contributed by atoms with van der Waals surface area (Å²) in [5, 5.41) is 24.1. The minimum atomic E-state index is -0.914. The van der Waals surface area contributed by atoms with Crippen LogP contribution in [0.4, 0.5) is 0 Å². The Balaban J connectivity index is -0.000000276. The molecule has 132 valence electrons. The zero-order valence-electron chi connectivity index (χ0n) is 14.0. The maximum Gasteiger partial charge on any atom is 0.328 e. The molecule has 0 amide bonds. The van der Waals surface area contributed by atoms with Crippen LogP contribution in [0.15, 0.2) is 72.9 Å². The van der Waals surface area contributed by atoms with Gasteiger partial charge in [-0.3, -0.25) is 0 Å². The number of hydrogen-bond donors (Lipinski definition) is 3. The minimum absolute atomic E-state index is 0.914. The van der Waals surface area contributed by atoms with Gasteiger partial charge in [0.05, 0.1) is 0 Å². The van der Waals surface area contributed by atoms with E-state index in [-0.39, 0.29) is 0 Å². The van der Waals surface area contributed by atoms with Crippen molar-refractivity contribution in [3.8, 4) is 0 Å². The van der Waals surface area contributed by atoms with E-state index in [1.165, 1.54) is 18.2 Å². The van der Waals surface area contributed by atoms with Crippen molar-refractivity contribution in [2.24, 2.45) is 0 Å². The van der Waals surface area contributed by atoms with Gasteiger partial charge in [-0.1, -0.05) is 54.7 Å². The van der Waals surface area contributed by atoms with Gasteiger partial charge in [-0.2, -0.15) is 0 Å².